The summed E-state index contributed by atoms with van der Waals surface area (Å²) in [5, 5.41) is 7.36. The summed E-state index contributed by atoms with van der Waals surface area (Å²) < 4.78 is 0. The highest BCUT2D eigenvalue weighted by atomic mass is 16.1. The van der Waals surface area contributed by atoms with Crippen LogP contribution in [0.5, 0.6) is 0 Å². The van der Waals surface area contributed by atoms with Gasteiger partial charge in [0, 0.05) is 17.1 Å². The molecule has 0 saturated heterocycles. The summed E-state index contributed by atoms with van der Waals surface area (Å²) in [5.41, 5.74) is 2.45. The number of rotatable bonds is 4. The first-order valence-electron chi connectivity index (χ1n) is 8.82. The van der Waals surface area contributed by atoms with Crippen LogP contribution in [0.15, 0.2) is 60.7 Å². The van der Waals surface area contributed by atoms with Crippen molar-refractivity contribution in [2.75, 3.05) is 5.32 Å². The van der Waals surface area contributed by atoms with Gasteiger partial charge in [-0.25, -0.2) is 4.98 Å². The van der Waals surface area contributed by atoms with Gasteiger partial charge in [0.2, 0.25) is 0 Å². The standard InChI is InChI=1S/C21H21N3O/c25-21(23-16-10-4-5-11-16)18-14-20(22-15-8-2-1-3-9-15)24-19-13-7-6-12-17(18)19/h1-3,6-9,12-14,16H,4-5,10-11H2,(H,22,24)(H,23,25). The number of carbonyl (C=O) groups excluding carboxylic acids is 1. The number of aromatic nitrogens is 1. The van der Waals surface area contributed by atoms with E-state index in [0.29, 0.717) is 17.4 Å². The topological polar surface area (TPSA) is 54.0 Å². The van der Waals surface area contributed by atoms with Crippen LogP contribution in [0.4, 0.5) is 11.5 Å². The second-order valence-corrected chi connectivity index (χ2v) is 6.52. The first-order valence-corrected chi connectivity index (χ1v) is 8.82. The van der Waals surface area contributed by atoms with Gasteiger partial charge in [-0.15, -0.1) is 0 Å². The average Bonchev–Trinajstić information content (AvgIpc) is 3.15. The molecule has 0 aliphatic heterocycles. The fourth-order valence-electron chi connectivity index (χ4n) is 3.43. The van der Waals surface area contributed by atoms with Crippen LogP contribution in [0.1, 0.15) is 36.0 Å². The number of hydrogen-bond donors (Lipinski definition) is 2. The van der Waals surface area contributed by atoms with E-state index in [1.54, 1.807) is 0 Å². The van der Waals surface area contributed by atoms with Gasteiger partial charge in [-0.1, -0.05) is 49.2 Å². The summed E-state index contributed by atoms with van der Waals surface area (Å²) in [6, 6.07) is 19.8. The number of nitrogens with one attached hydrogen (secondary N) is 2. The molecule has 0 radical (unpaired) electrons. The Balaban J connectivity index is 1.69. The van der Waals surface area contributed by atoms with E-state index in [1.165, 1.54) is 12.8 Å². The van der Waals surface area contributed by atoms with Crippen LogP contribution in [-0.4, -0.2) is 16.9 Å². The molecule has 1 aliphatic carbocycles. The molecule has 0 unspecified atom stereocenters. The maximum Gasteiger partial charge on any atom is 0.252 e. The van der Waals surface area contributed by atoms with Gasteiger partial charge in [0.05, 0.1) is 11.1 Å². The van der Waals surface area contributed by atoms with Crippen molar-refractivity contribution in [1.29, 1.82) is 0 Å². The second kappa shape index (κ2) is 6.93. The van der Waals surface area contributed by atoms with Crippen LogP contribution in [0.25, 0.3) is 10.9 Å². The molecule has 0 spiro atoms. The molecule has 2 N–H and O–H groups in total. The van der Waals surface area contributed by atoms with E-state index in [9.17, 15) is 4.79 Å². The van der Waals surface area contributed by atoms with E-state index in [0.717, 1.165) is 29.4 Å². The van der Waals surface area contributed by atoms with Crippen molar-refractivity contribution >= 4 is 28.3 Å². The number of carbonyl (C=O) groups is 1. The number of fused-ring (bicyclic) bond motifs is 1. The fourth-order valence-corrected chi connectivity index (χ4v) is 3.43. The SMILES string of the molecule is O=C(NC1CCCC1)c1cc(Nc2ccccc2)nc2ccccc12. The van der Waals surface area contributed by atoms with E-state index in [4.69, 9.17) is 0 Å². The number of benzene rings is 2. The summed E-state index contributed by atoms with van der Waals surface area (Å²) in [4.78, 5) is 17.5. The predicted octanol–water partition coefficient (Wildman–Crippen LogP) is 4.65. The van der Waals surface area contributed by atoms with Crippen molar-refractivity contribution in [3.05, 3.63) is 66.2 Å². The van der Waals surface area contributed by atoms with Crippen molar-refractivity contribution in [1.82, 2.24) is 10.3 Å². The molecule has 1 aromatic heterocycles. The predicted molar refractivity (Wildman–Crippen MR) is 101 cm³/mol. The van der Waals surface area contributed by atoms with Crippen LogP contribution in [0.2, 0.25) is 0 Å². The lowest BCUT2D eigenvalue weighted by atomic mass is 10.1. The first-order chi connectivity index (χ1) is 12.3. The maximum absolute atomic E-state index is 12.9. The summed E-state index contributed by atoms with van der Waals surface area (Å²) in [6.45, 7) is 0. The number of amides is 1. The summed E-state index contributed by atoms with van der Waals surface area (Å²) in [6.07, 6.45) is 4.54. The average molecular weight is 331 g/mol. The van der Waals surface area contributed by atoms with Gasteiger partial charge in [-0.05, 0) is 37.1 Å². The summed E-state index contributed by atoms with van der Waals surface area (Å²) >= 11 is 0. The molecule has 0 bridgehead atoms. The number of hydrogen-bond acceptors (Lipinski definition) is 3. The minimum atomic E-state index is -0.0124. The highest BCUT2D eigenvalue weighted by Crippen LogP contribution is 2.24. The third-order valence-corrected chi connectivity index (χ3v) is 4.70. The molecule has 4 nitrogen and oxygen atoms in total. The minimum absolute atomic E-state index is 0.0124. The van der Waals surface area contributed by atoms with Crippen LogP contribution in [0.3, 0.4) is 0 Å². The summed E-state index contributed by atoms with van der Waals surface area (Å²) in [7, 11) is 0. The van der Waals surface area contributed by atoms with Gasteiger partial charge in [-0.3, -0.25) is 4.79 Å². The van der Waals surface area contributed by atoms with Crippen LogP contribution in [-0.2, 0) is 0 Å². The van der Waals surface area contributed by atoms with Crippen molar-refractivity contribution in [3.8, 4) is 0 Å². The Morgan fingerprint density at radius 3 is 2.48 bits per heavy atom. The van der Waals surface area contributed by atoms with Gasteiger partial charge in [-0.2, -0.15) is 0 Å². The zero-order valence-corrected chi connectivity index (χ0v) is 14.0. The fraction of sp³-hybridized carbons (Fsp3) is 0.238. The third-order valence-electron chi connectivity index (χ3n) is 4.70. The number of nitrogens with zero attached hydrogens (tertiary/aromatic N) is 1. The molecule has 2 aromatic carbocycles. The monoisotopic (exact) mass is 331 g/mol. The van der Waals surface area contributed by atoms with Crippen molar-refractivity contribution in [2.24, 2.45) is 0 Å². The van der Waals surface area contributed by atoms with Crippen molar-refractivity contribution < 1.29 is 4.79 Å². The molecule has 25 heavy (non-hydrogen) atoms. The smallest absolute Gasteiger partial charge is 0.252 e. The van der Waals surface area contributed by atoms with Gasteiger partial charge in [0.1, 0.15) is 5.82 Å². The quantitative estimate of drug-likeness (QED) is 0.731. The van der Waals surface area contributed by atoms with E-state index in [2.05, 4.69) is 15.6 Å². The normalized spacial score (nSPS) is 14.6. The van der Waals surface area contributed by atoms with Crippen LogP contribution < -0.4 is 10.6 Å². The highest BCUT2D eigenvalue weighted by molar-refractivity contribution is 6.07. The molecule has 1 saturated carbocycles. The molecule has 3 aromatic rings. The Kier molecular flexibility index (Phi) is 4.34. The second-order valence-electron chi connectivity index (χ2n) is 6.52. The van der Waals surface area contributed by atoms with Gasteiger partial charge >= 0.3 is 0 Å². The number of para-hydroxylation sites is 2. The Morgan fingerprint density at radius 1 is 0.960 bits per heavy atom. The molecule has 1 aliphatic rings. The zero-order valence-electron chi connectivity index (χ0n) is 14.0. The lowest BCUT2D eigenvalue weighted by Crippen LogP contribution is -2.32. The number of anilines is 2. The molecule has 1 heterocycles. The van der Waals surface area contributed by atoms with E-state index in [1.807, 2.05) is 60.7 Å². The molecule has 0 atom stereocenters. The molecule has 4 rings (SSSR count). The van der Waals surface area contributed by atoms with Gasteiger partial charge < -0.3 is 10.6 Å². The van der Waals surface area contributed by atoms with Crippen LogP contribution >= 0.6 is 0 Å². The van der Waals surface area contributed by atoms with E-state index >= 15 is 0 Å². The molecule has 1 fully saturated rings. The molecule has 126 valence electrons. The van der Waals surface area contributed by atoms with E-state index < -0.39 is 0 Å². The Labute approximate surface area is 147 Å². The first kappa shape index (κ1) is 15.6. The molecule has 1 amide bonds. The lowest BCUT2D eigenvalue weighted by Gasteiger charge is -2.15. The molecular formula is C21H21N3O. The van der Waals surface area contributed by atoms with Crippen molar-refractivity contribution in [3.63, 3.8) is 0 Å². The van der Waals surface area contributed by atoms with Crippen LogP contribution in [0, 0.1) is 0 Å². The van der Waals surface area contributed by atoms with E-state index in [-0.39, 0.29) is 5.91 Å². The third kappa shape index (κ3) is 3.48. The van der Waals surface area contributed by atoms with Gasteiger partial charge in [0.15, 0.2) is 0 Å². The van der Waals surface area contributed by atoms with Crippen molar-refractivity contribution in [2.45, 2.75) is 31.7 Å². The molecular weight excluding hydrogens is 310 g/mol. The number of pyridine rings is 1. The Hall–Kier alpha value is -2.88. The maximum atomic E-state index is 12.9. The highest BCUT2D eigenvalue weighted by Gasteiger charge is 2.20. The Morgan fingerprint density at radius 2 is 1.68 bits per heavy atom. The Bertz CT molecular complexity index is 886. The van der Waals surface area contributed by atoms with Gasteiger partial charge in [0.25, 0.3) is 5.91 Å². The lowest BCUT2D eigenvalue weighted by molar-refractivity contribution is 0.0939. The zero-order chi connectivity index (χ0) is 17.1. The molecule has 4 heteroatoms. The minimum Gasteiger partial charge on any atom is -0.349 e. The summed E-state index contributed by atoms with van der Waals surface area (Å²) in [5.74, 6) is 0.670. The largest absolute Gasteiger partial charge is 0.349 e.